The number of alkyl halides is 2. The van der Waals surface area contributed by atoms with Crippen LogP contribution in [0.4, 0.5) is 8.78 Å². The molecule has 2 unspecified atom stereocenters. The van der Waals surface area contributed by atoms with Gasteiger partial charge in [-0.2, -0.15) is 4.98 Å². The van der Waals surface area contributed by atoms with Gasteiger partial charge in [-0.05, 0) is 19.9 Å². The molecular formula is C12H13F2N3OS. The number of hydrogen-bond donors (Lipinski definition) is 1. The first-order chi connectivity index (χ1) is 8.88. The number of allylic oxidation sites excluding steroid dienone is 1. The summed E-state index contributed by atoms with van der Waals surface area (Å²) < 4.78 is 27.6. The van der Waals surface area contributed by atoms with Gasteiger partial charge in [-0.25, -0.2) is 13.8 Å². The monoisotopic (exact) mass is 285 g/mol. The molecule has 1 aliphatic rings. The number of halogens is 2. The van der Waals surface area contributed by atoms with Crippen molar-refractivity contribution in [2.45, 2.75) is 30.8 Å². The minimum atomic E-state index is -2.03. The van der Waals surface area contributed by atoms with E-state index in [1.165, 1.54) is 19.2 Å². The summed E-state index contributed by atoms with van der Waals surface area (Å²) in [5, 5.41) is 9.63. The summed E-state index contributed by atoms with van der Waals surface area (Å²) in [7, 11) is 0. The van der Waals surface area contributed by atoms with Gasteiger partial charge in [0.05, 0.1) is 5.71 Å². The number of aromatic hydroxyl groups is 1. The molecular weight excluding hydrogens is 272 g/mol. The van der Waals surface area contributed by atoms with Crippen LogP contribution in [0.3, 0.4) is 0 Å². The van der Waals surface area contributed by atoms with Gasteiger partial charge >= 0.3 is 0 Å². The first kappa shape index (κ1) is 13.9. The molecule has 4 nitrogen and oxygen atoms in total. The smallest absolute Gasteiger partial charge is 0.215 e. The summed E-state index contributed by atoms with van der Waals surface area (Å²) >= 11 is 1.11. The van der Waals surface area contributed by atoms with Crippen LogP contribution in [0.15, 0.2) is 28.5 Å². The highest BCUT2D eigenvalue weighted by molar-refractivity contribution is 7.99. The molecule has 0 spiro atoms. The van der Waals surface area contributed by atoms with Crippen LogP contribution >= 0.6 is 11.8 Å². The standard InChI is InChI=1S/C12H13F2N3OS/c1-7-5-9(18)17-11(16-7)19-6-8-10(13)12(2,14)3-4-15-8/h3-5,10H,6H2,1-2H3,(H,16,17,18). The third kappa shape index (κ3) is 3.28. The maximum Gasteiger partial charge on any atom is 0.215 e. The topological polar surface area (TPSA) is 58.4 Å². The highest BCUT2D eigenvalue weighted by Gasteiger charge is 2.37. The second-order valence-electron chi connectivity index (χ2n) is 4.39. The summed E-state index contributed by atoms with van der Waals surface area (Å²) in [6, 6.07) is 1.42. The van der Waals surface area contributed by atoms with Crippen molar-refractivity contribution in [1.29, 1.82) is 0 Å². The summed E-state index contributed by atoms with van der Waals surface area (Å²) in [5.74, 6) is -0.0129. The molecule has 1 N–H and O–H groups in total. The van der Waals surface area contributed by atoms with Crippen molar-refractivity contribution < 1.29 is 13.9 Å². The Bertz CT molecular complexity index is 526. The zero-order valence-electron chi connectivity index (χ0n) is 10.5. The Morgan fingerprint density at radius 2 is 2.21 bits per heavy atom. The summed E-state index contributed by atoms with van der Waals surface area (Å²) in [5.41, 5.74) is -1.33. The van der Waals surface area contributed by atoms with Gasteiger partial charge in [-0.1, -0.05) is 11.8 Å². The van der Waals surface area contributed by atoms with Gasteiger partial charge in [0.25, 0.3) is 0 Å². The fourth-order valence-corrected chi connectivity index (χ4v) is 2.46. The number of rotatable bonds is 3. The number of aliphatic imine (C=N–C) groups is 1. The van der Waals surface area contributed by atoms with Crippen LogP contribution in [-0.4, -0.2) is 38.4 Å². The maximum absolute atomic E-state index is 13.8. The molecule has 1 aromatic heterocycles. The molecule has 19 heavy (non-hydrogen) atoms. The van der Waals surface area contributed by atoms with E-state index in [-0.39, 0.29) is 17.3 Å². The van der Waals surface area contributed by atoms with Crippen molar-refractivity contribution in [2.24, 2.45) is 4.99 Å². The molecule has 7 heteroatoms. The van der Waals surface area contributed by atoms with Gasteiger partial charge in [0.2, 0.25) is 5.88 Å². The fourth-order valence-electron chi connectivity index (χ4n) is 1.59. The van der Waals surface area contributed by atoms with E-state index in [2.05, 4.69) is 15.0 Å². The van der Waals surface area contributed by atoms with Gasteiger partial charge in [-0.15, -0.1) is 0 Å². The largest absolute Gasteiger partial charge is 0.493 e. The van der Waals surface area contributed by atoms with Gasteiger partial charge in [0, 0.05) is 23.7 Å². The van der Waals surface area contributed by atoms with Gasteiger partial charge < -0.3 is 5.11 Å². The second-order valence-corrected chi connectivity index (χ2v) is 5.33. The van der Waals surface area contributed by atoms with Crippen LogP contribution in [-0.2, 0) is 0 Å². The Hall–Kier alpha value is -1.50. The minimum absolute atomic E-state index is 0.0992. The fraction of sp³-hybridized carbons (Fsp3) is 0.417. The molecule has 0 amide bonds. The zero-order chi connectivity index (χ0) is 14.0. The molecule has 1 aliphatic heterocycles. The molecule has 0 fully saturated rings. The van der Waals surface area contributed by atoms with Crippen molar-refractivity contribution in [3.05, 3.63) is 24.0 Å². The predicted molar refractivity (Wildman–Crippen MR) is 70.1 cm³/mol. The molecule has 0 saturated heterocycles. The van der Waals surface area contributed by atoms with E-state index in [0.717, 1.165) is 17.8 Å². The van der Waals surface area contributed by atoms with Crippen LogP contribution in [0.1, 0.15) is 12.6 Å². The molecule has 0 radical (unpaired) electrons. The summed E-state index contributed by atoms with van der Waals surface area (Å²) in [4.78, 5) is 11.7. The molecule has 2 rings (SSSR count). The van der Waals surface area contributed by atoms with E-state index in [1.54, 1.807) is 6.92 Å². The van der Waals surface area contributed by atoms with E-state index in [4.69, 9.17) is 0 Å². The van der Waals surface area contributed by atoms with Crippen molar-refractivity contribution in [3.8, 4) is 5.88 Å². The molecule has 0 saturated carbocycles. The number of aromatic nitrogens is 2. The van der Waals surface area contributed by atoms with E-state index >= 15 is 0 Å². The molecule has 2 heterocycles. The number of hydrogen-bond acceptors (Lipinski definition) is 5. The number of thioether (sulfide) groups is 1. The predicted octanol–water partition coefficient (Wildman–Crippen LogP) is 2.62. The zero-order valence-corrected chi connectivity index (χ0v) is 11.3. The lowest BCUT2D eigenvalue weighted by atomic mass is 9.97. The highest BCUT2D eigenvalue weighted by Crippen LogP contribution is 2.28. The quantitative estimate of drug-likeness (QED) is 0.685. The normalized spacial score (nSPS) is 26.3. The Morgan fingerprint density at radius 3 is 2.89 bits per heavy atom. The molecule has 0 aromatic carbocycles. The van der Waals surface area contributed by atoms with Gasteiger partial charge in [-0.3, -0.25) is 4.99 Å². The second kappa shape index (κ2) is 5.24. The molecule has 0 bridgehead atoms. The summed E-state index contributed by atoms with van der Waals surface area (Å²) in [6.07, 6.45) is 0.588. The van der Waals surface area contributed by atoms with Crippen LogP contribution in [0, 0.1) is 6.92 Å². The number of aryl methyl sites for hydroxylation is 1. The lowest BCUT2D eigenvalue weighted by Gasteiger charge is -2.24. The van der Waals surface area contributed by atoms with E-state index in [1.807, 2.05) is 0 Å². The van der Waals surface area contributed by atoms with E-state index in [9.17, 15) is 13.9 Å². The Kier molecular flexibility index (Phi) is 3.84. The maximum atomic E-state index is 13.8. The average Bonchev–Trinajstić information content (AvgIpc) is 2.30. The van der Waals surface area contributed by atoms with E-state index < -0.39 is 11.8 Å². The summed E-state index contributed by atoms with van der Waals surface area (Å²) in [6.45, 7) is 2.88. The Balaban J connectivity index is 2.07. The van der Waals surface area contributed by atoms with Crippen LogP contribution < -0.4 is 0 Å². The third-order valence-electron chi connectivity index (χ3n) is 2.60. The van der Waals surface area contributed by atoms with Crippen molar-refractivity contribution in [1.82, 2.24) is 9.97 Å². The lowest BCUT2D eigenvalue weighted by molar-refractivity contribution is 0.156. The first-order valence-corrected chi connectivity index (χ1v) is 6.62. The molecule has 102 valence electrons. The van der Waals surface area contributed by atoms with Crippen molar-refractivity contribution >= 4 is 17.5 Å². The van der Waals surface area contributed by atoms with Crippen LogP contribution in [0.5, 0.6) is 5.88 Å². The lowest BCUT2D eigenvalue weighted by Crippen LogP contribution is -2.39. The minimum Gasteiger partial charge on any atom is -0.493 e. The highest BCUT2D eigenvalue weighted by atomic mass is 32.2. The number of nitrogens with zero attached hydrogens (tertiary/aromatic N) is 3. The van der Waals surface area contributed by atoms with Crippen LogP contribution in [0.2, 0.25) is 0 Å². The van der Waals surface area contributed by atoms with Crippen molar-refractivity contribution in [2.75, 3.05) is 5.75 Å². The molecule has 1 aromatic rings. The van der Waals surface area contributed by atoms with Gasteiger partial charge in [0.15, 0.2) is 17.0 Å². The van der Waals surface area contributed by atoms with Gasteiger partial charge in [0.1, 0.15) is 0 Å². The van der Waals surface area contributed by atoms with E-state index in [0.29, 0.717) is 10.9 Å². The Labute approximate surface area is 113 Å². The SMILES string of the molecule is Cc1cc(O)nc(SCC2=NC=CC(C)(F)C2F)n1. The molecule has 2 atom stereocenters. The van der Waals surface area contributed by atoms with Crippen LogP contribution in [0.25, 0.3) is 0 Å². The van der Waals surface area contributed by atoms with Crippen molar-refractivity contribution in [3.63, 3.8) is 0 Å². The Morgan fingerprint density at radius 1 is 1.47 bits per heavy atom. The average molecular weight is 285 g/mol. The third-order valence-corrected chi connectivity index (χ3v) is 3.48. The molecule has 0 aliphatic carbocycles. The first-order valence-electron chi connectivity index (χ1n) is 5.63.